The highest BCUT2D eigenvalue weighted by molar-refractivity contribution is 9.10. The lowest BCUT2D eigenvalue weighted by molar-refractivity contribution is 0.431. The van der Waals surface area contributed by atoms with Crippen LogP contribution >= 0.6 is 27.3 Å². The van der Waals surface area contributed by atoms with Crippen LogP contribution in [-0.4, -0.2) is 9.97 Å². The number of hydrogen-bond acceptors (Lipinski definition) is 4. The molecule has 18 heavy (non-hydrogen) atoms. The number of nitrogens with zero attached hydrogens (tertiary/aromatic N) is 2. The second-order valence-corrected chi connectivity index (χ2v) is 5.31. The molecule has 6 heteroatoms. The van der Waals surface area contributed by atoms with Crippen LogP contribution in [0.5, 0.6) is 11.6 Å². The first-order chi connectivity index (χ1) is 8.74. The summed E-state index contributed by atoms with van der Waals surface area (Å²) in [5.41, 5.74) is 0. The minimum Gasteiger partial charge on any atom is -0.435 e. The maximum absolute atomic E-state index is 13.7. The zero-order valence-corrected chi connectivity index (χ0v) is 11.3. The Bertz CT molecular complexity index is 716. The van der Waals surface area contributed by atoms with Crippen molar-refractivity contribution in [3.63, 3.8) is 0 Å². The van der Waals surface area contributed by atoms with Crippen molar-refractivity contribution >= 4 is 37.5 Å². The maximum atomic E-state index is 13.7. The Kier molecular flexibility index (Phi) is 2.97. The number of hydrogen-bond donors (Lipinski definition) is 0. The van der Waals surface area contributed by atoms with Gasteiger partial charge in [-0.3, -0.25) is 0 Å². The van der Waals surface area contributed by atoms with Crippen molar-refractivity contribution in [2.24, 2.45) is 0 Å². The SMILES string of the molecule is Fc1cc(Br)ccc1Oc1ncnc2sccc12. The van der Waals surface area contributed by atoms with Gasteiger partial charge in [-0.05, 0) is 29.6 Å². The Labute approximate surface area is 114 Å². The van der Waals surface area contributed by atoms with Gasteiger partial charge in [-0.1, -0.05) is 15.9 Å². The number of rotatable bonds is 2. The molecule has 3 nitrogen and oxygen atoms in total. The number of thiophene rings is 1. The molecule has 0 aliphatic carbocycles. The van der Waals surface area contributed by atoms with E-state index >= 15 is 0 Å². The summed E-state index contributed by atoms with van der Waals surface area (Å²) >= 11 is 4.68. The number of aromatic nitrogens is 2. The van der Waals surface area contributed by atoms with E-state index < -0.39 is 5.82 Å². The number of halogens is 2. The van der Waals surface area contributed by atoms with Gasteiger partial charge in [-0.25, -0.2) is 14.4 Å². The zero-order valence-electron chi connectivity index (χ0n) is 8.93. The lowest BCUT2D eigenvalue weighted by atomic mass is 10.3. The van der Waals surface area contributed by atoms with Crippen LogP contribution in [0.25, 0.3) is 10.2 Å². The molecule has 2 aromatic heterocycles. The maximum Gasteiger partial charge on any atom is 0.231 e. The van der Waals surface area contributed by atoms with Crippen LogP contribution in [0.1, 0.15) is 0 Å². The van der Waals surface area contributed by atoms with E-state index in [9.17, 15) is 4.39 Å². The Morgan fingerprint density at radius 2 is 2.11 bits per heavy atom. The van der Waals surface area contributed by atoms with E-state index in [4.69, 9.17) is 4.74 Å². The molecule has 0 spiro atoms. The van der Waals surface area contributed by atoms with E-state index in [2.05, 4.69) is 25.9 Å². The molecule has 3 aromatic rings. The molecule has 0 N–H and O–H groups in total. The van der Waals surface area contributed by atoms with Crippen LogP contribution < -0.4 is 4.74 Å². The summed E-state index contributed by atoms with van der Waals surface area (Å²) in [7, 11) is 0. The summed E-state index contributed by atoms with van der Waals surface area (Å²) in [5.74, 6) is 0.0678. The summed E-state index contributed by atoms with van der Waals surface area (Å²) in [6.07, 6.45) is 1.41. The number of fused-ring (bicyclic) bond motifs is 1. The highest BCUT2D eigenvalue weighted by Gasteiger charge is 2.10. The molecule has 1 aromatic carbocycles. The molecule has 0 atom stereocenters. The van der Waals surface area contributed by atoms with Crippen molar-refractivity contribution in [2.75, 3.05) is 0 Å². The van der Waals surface area contributed by atoms with E-state index in [1.165, 1.54) is 23.7 Å². The van der Waals surface area contributed by atoms with Crippen LogP contribution in [-0.2, 0) is 0 Å². The number of benzene rings is 1. The van der Waals surface area contributed by atoms with E-state index in [0.717, 1.165) is 10.2 Å². The molecule has 0 saturated heterocycles. The fourth-order valence-electron chi connectivity index (χ4n) is 1.51. The molecule has 0 saturated carbocycles. The van der Waals surface area contributed by atoms with Crippen LogP contribution in [0, 0.1) is 5.82 Å². The van der Waals surface area contributed by atoms with Crippen molar-refractivity contribution in [3.05, 3.63) is 46.3 Å². The van der Waals surface area contributed by atoms with Crippen LogP contribution in [0.2, 0.25) is 0 Å². The average Bonchev–Trinajstić information content (AvgIpc) is 2.82. The van der Waals surface area contributed by atoms with Crippen molar-refractivity contribution < 1.29 is 9.13 Å². The van der Waals surface area contributed by atoms with E-state index in [0.29, 0.717) is 10.4 Å². The monoisotopic (exact) mass is 324 g/mol. The third-order valence-corrected chi connectivity index (χ3v) is 3.64. The predicted octanol–water partition coefficient (Wildman–Crippen LogP) is 4.39. The largest absolute Gasteiger partial charge is 0.435 e. The Morgan fingerprint density at radius 3 is 2.94 bits per heavy atom. The summed E-state index contributed by atoms with van der Waals surface area (Å²) in [6.45, 7) is 0. The lowest BCUT2D eigenvalue weighted by Gasteiger charge is -2.06. The second kappa shape index (κ2) is 4.62. The fraction of sp³-hybridized carbons (Fsp3) is 0. The first-order valence-electron chi connectivity index (χ1n) is 5.05. The average molecular weight is 325 g/mol. The molecule has 3 rings (SSSR count). The van der Waals surface area contributed by atoms with Gasteiger partial charge in [0.2, 0.25) is 5.88 Å². The zero-order chi connectivity index (χ0) is 12.5. The minimum absolute atomic E-state index is 0.143. The first kappa shape index (κ1) is 11.6. The molecular weight excluding hydrogens is 319 g/mol. The van der Waals surface area contributed by atoms with E-state index in [1.54, 1.807) is 12.1 Å². The lowest BCUT2D eigenvalue weighted by Crippen LogP contribution is -1.92. The first-order valence-corrected chi connectivity index (χ1v) is 6.72. The summed E-state index contributed by atoms with van der Waals surface area (Å²) in [5, 5.41) is 2.68. The molecule has 0 bridgehead atoms. The van der Waals surface area contributed by atoms with Gasteiger partial charge in [0.05, 0.1) is 5.39 Å². The molecule has 0 unspecified atom stereocenters. The molecule has 0 aliphatic heterocycles. The van der Waals surface area contributed by atoms with Crippen molar-refractivity contribution in [3.8, 4) is 11.6 Å². The quantitative estimate of drug-likeness (QED) is 0.701. The Morgan fingerprint density at radius 1 is 1.22 bits per heavy atom. The topological polar surface area (TPSA) is 35.0 Å². The van der Waals surface area contributed by atoms with Crippen molar-refractivity contribution in [2.45, 2.75) is 0 Å². The van der Waals surface area contributed by atoms with Gasteiger partial charge in [0.15, 0.2) is 11.6 Å². The fourth-order valence-corrected chi connectivity index (χ4v) is 2.57. The summed E-state index contributed by atoms with van der Waals surface area (Å²) in [4.78, 5) is 8.96. The van der Waals surface area contributed by atoms with Crippen molar-refractivity contribution in [1.82, 2.24) is 9.97 Å². The van der Waals surface area contributed by atoms with Crippen molar-refractivity contribution in [1.29, 1.82) is 0 Å². The van der Waals surface area contributed by atoms with Crippen LogP contribution in [0.15, 0.2) is 40.4 Å². The Hall–Kier alpha value is -1.53. The number of ether oxygens (including phenoxy) is 1. The molecule has 2 heterocycles. The normalized spacial score (nSPS) is 10.8. The van der Waals surface area contributed by atoms with E-state index in [-0.39, 0.29) is 5.75 Å². The third kappa shape index (κ3) is 2.09. The highest BCUT2D eigenvalue weighted by Crippen LogP contribution is 2.31. The van der Waals surface area contributed by atoms with Gasteiger partial charge < -0.3 is 4.74 Å². The van der Waals surface area contributed by atoms with Gasteiger partial charge in [-0.15, -0.1) is 11.3 Å². The molecule has 0 fully saturated rings. The molecule has 90 valence electrons. The van der Waals surface area contributed by atoms with Gasteiger partial charge in [-0.2, -0.15) is 0 Å². The van der Waals surface area contributed by atoms with Crippen LogP contribution in [0.3, 0.4) is 0 Å². The van der Waals surface area contributed by atoms with Gasteiger partial charge in [0.1, 0.15) is 11.2 Å². The minimum atomic E-state index is -0.439. The third-order valence-electron chi connectivity index (χ3n) is 2.33. The Balaban J connectivity index is 2.03. The molecular formula is C12H6BrFN2OS. The van der Waals surface area contributed by atoms with Gasteiger partial charge in [0, 0.05) is 4.47 Å². The van der Waals surface area contributed by atoms with E-state index in [1.807, 2.05) is 11.4 Å². The highest BCUT2D eigenvalue weighted by atomic mass is 79.9. The summed E-state index contributed by atoms with van der Waals surface area (Å²) in [6, 6.07) is 6.47. The second-order valence-electron chi connectivity index (χ2n) is 3.50. The van der Waals surface area contributed by atoms with Gasteiger partial charge >= 0.3 is 0 Å². The molecule has 0 amide bonds. The standard InChI is InChI=1S/C12H6BrFN2OS/c13-7-1-2-10(9(14)5-7)17-11-8-3-4-18-12(8)16-6-15-11/h1-6H. The predicted molar refractivity (Wildman–Crippen MR) is 71.6 cm³/mol. The molecule has 0 radical (unpaired) electrons. The van der Waals surface area contributed by atoms with Gasteiger partial charge in [0.25, 0.3) is 0 Å². The van der Waals surface area contributed by atoms with Crippen LogP contribution in [0.4, 0.5) is 4.39 Å². The summed E-state index contributed by atoms with van der Waals surface area (Å²) < 4.78 is 19.8. The molecule has 0 aliphatic rings. The smallest absolute Gasteiger partial charge is 0.231 e.